The van der Waals surface area contributed by atoms with Crippen LogP contribution in [0.25, 0.3) is 5.69 Å². The van der Waals surface area contributed by atoms with Crippen LogP contribution in [-0.4, -0.2) is 39.7 Å². The van der Waals surface area contributed by atoms with Gasteiger partial charge in [-0.15, -0.1) is 0 Å². The van der Waals surface area contributed by atoms with Gasteiger partial charge in [-0.05, 0) is 48.0 Å². The van der Waals surface area contributed by atoms with E-state index in [-0.39, 0.29) is 29.9 Å². The van der Waals surface area contributed by atoms with Gasteiger partial charge in [-0.2, -0.15) is 13.2 Å². The lowest BCUT2D eigenvalue weighted by Crippen LogP contribution is -2.38. The molecule has 0 saturated heterocycles. The fourth-order valence-electron chi connectivity index (χ4n) is 3.53. The number of fused-ring (bicyclic) bond motifs is 1. The summed E-state index contributed by atoms with van der Waals surface area (Å²) in [6, 6.07) is 8.43. The molecule has 2 amide bonds. The maximum Gasteiger partial charge on any atom is 0.418 e. The number of amides is 2. The molecule has 0 bridgehead atoms. The van der Waals surface area contributed by atoms with Crippen LogP contribution in [0.5, 0.6) is 0 Å². The number of aromatic nitrogens is 1. The predicted octanol–water partition coefficient (Wildman–Crippen LogP) is 4.73. The maximum absolute atomic E-state index is 13.9. The van der Waals surface area contributed by atoms with Gasteiger partial charge < -0.3 is 30.4 Å². The van der Waals surface area contributed by atoms with Crippen LogP contribution >= 0.6 is 15.9 Å². The molecule has 1 aromatic heterocycles. The van der Waals surface area contributed by atoms with Crippen molar-refractivity contribution < 1.29 is 32.7 Å². The van der Waals surface area contributed by atoms with Crippen molar-refractivity contribution in [3.63, 3.8) is 0 Å². The maximum atomic E-state index is 13.9. The Morgan fingerprint density at radius 2 is 1.92 bits per heavy atom. The van der Waals surface area contributed by atoms with Gasteiger partial charge in [-0.25, -0.2) is 14.6 Å². The third kappa shape index (κ3) is 5.40. The lowest BCUT2D eigenvalue weighted by molar-refractivity contribution is -0.137. The highest BCUT2D eigenvalue weighted by atomic mass is 79.9. The normalized spacial score (nSPS) is 14.8. The first-order valence-corrected chi connectivity index (χ1v) is 11.1. The zero-order chi connectivity index (χ0) is 26.0. The quantitative estimate of drug-likeness (QED) is 0.323. The first-order chi connectivity index (χ1) is 17.0. The molecule has 13 heteroatoms. The Hall–Kier alpha value is -4.13. The van der Waals surface area contributed by atoms with Gasteiger partial charge in [0.1, 0.15) is 12.3 Å². The Balaban J connectivity index is 1.58. The van der Waals surface area contributed by atoms with E-state index >= 15 is 0 Å². The van der Waals surface area contributed by atoms with Crippen LogP contribution in [0.1, 0.15) is 11.1 Å². The van der Waals surface area contributed by atoms with Gasteiger partial charge in [0.25, 0.3) is 0 Å². The number of alkyl halides is 3. The summed E-state index contributed by atoms with van der Waals surface area (Å²) in [6.07, 6.45) is -1.71. The van der Waals surface area contributed by atoms with E-state index in [4.69, 9.17) is 0 Å². The number of urea groups is 1. The number of carboxylic acid groups (broad SMARTS) is 1. The summed E-state index contributed by atoms with van der Waals surface area (Å²) in [6.45, 7) is 0.0333. The van der Waals surface area contributed by atoms with Gasteiger partial charge in [0.15, 0.2) is 5.71 Å². The van der Waals surface area contributed by atoms with E-state index in [0.29, 0.717) is 11.3 Å². The number of hydrogen-bond acceptors (Lipinski definition) is 5. The zero-order valence-electron chi connectivity index (χ0n) is 18.1. The van der Waals surface area contributed by atoms with Crippen LogP contribution in [0.15, 0.2) is 64.3 Å². The van der Waals surface area contributed by atoms with Crippen molar-refractivity contribution in [3.8, 4) is 5.69 Å². The molecule has 1 aliphatic heterocycles. The molecule has 2 aromatic carbocycles. The number of nitrogens with one attached hydrogen (secondary N) is 3. The SMILES string of the molecule is O=CC1Nc2cc(C(F)(F)F)c(-n3ccc(CNC(=O)Nc4ccc(Br)cc4)c3)cc2N=C1C(=O)O. The number of nitrogens with zero attached hydrogens (tertiary/aromatic N) is 2. The van der Waals surface area contributed by atoms with E-state index < -0.39 is 35.5 Å². The highest BCUT2D eigenvalue weighted by Gasteiger charge is 2.37. The van der Waals surface area contributed by atoms with Crippen molar-refractivity contribution >= 4 is 57.0 Å². The average molecular weight is 564 g/mol. The molecule has 3 aromatic rings. The van der Waals surface area contributed by atoms with Crippen molar-refractivity contribution in [1.82, 2.24) is 9.88 Å². The Morgan fingerprint density at radius 3 is 2.56 bits per heavy atom. The highest BCUT2D eigenvalue weighted by molar-refractivity contribution is 9.10. The molecular weight excluding hydrogens is 547 g/mol. The number of carboxylic acids is 1. The molecule has 0 fully saturated rings. The molecule has 1 atom stereocenters. The Morgan fingerprint density at radius 1 is 1.19 bits per heavy atom. The minimum absolute atomic E-state index is 0.0333. The standard InChI is InChI=1S/C23H17BrF3N5O4/c24-13-1-3-14(4-2-13)29-22(36)28-9-12-5-6-32(10-12)19-8-17-16(7-15(19)23(25,26)27)30-18(11-33)20(31-17)21(34)35/h1-8,10-11,18,30H,9H2,(H,34,35)(H2,28,29,36). The van der Waals surface area contributed by atoms with Gasteiger partial charge >= 0.3 is 18.2 Å². The number of aldehydes is 1. The number of hydrogen-bond donors (Lipinski definition) is 4. The summed E-state index contributed by atoms with van der Waals surface area (Å²) in [4.78, 5) is 38.7. The first kappa shape index (κ1) is 25.0. The molecule has 4 N–H and O–H groups in total. The molecule has 2 heterocycles. The smallest absolute Gasteiger partial charge is 0.418 e. The summed E-state index contributed by atoms with van der Waals surface area (Å²) in [5, 5.41) is 17.0. The number of aliphatic imine (C=N–C) groups is 1. The van der Waals surface area contributed by atoms with E-state index in [0.717, 1.165) is 16.6 Å². The molecule has 0 aliphatic carbocycles. The summed E-state index contributed by atoms with van der Waals surface area (Å²) < 4.78 is 43.7. The molecule has 0 saturated carbocycles. The van der Waals surface area contributed by atoms with Crippen molar-refractivity contribution in [1.29, 1.82) is 0 Å². The van der Waals surface area contributed by atoms with E-state index in [1.165, 1.54) is 23.0 Å². The molecule has 4 rings (SSSR count). The van der Waals surface area contributed by atoms with Crippen LogP contribution in [0.4, 0.5) is 35.0 Å². The van der Waals surface area contributed by atoms with E-state index in [1.54, 1.807) is 24.3 Å². The third-order valence-corrected chi connectivity index (χ3v) is 5.74. The van der Waals surface area contributed by atoms with Gasteiger partial charge in [-0.1, -0.05) is 15.9 Å². The predicted molar refractivity (Wildman–Crippen MR) is 129 cm³/mol. The number of carbonyl (C=O) groups excluding carboxylic acids is 2. The molecule has 36 heavy (non-hydrogen) atoms. The number of halogens is 4. The van der Waals surface area contributed by atoms with Gasteiger partial charge in [0.2, 0.25) is 0 Å². The second-order valence-electron chi connectivity index (χ2n) is 7.69. The number of aliphatic carboxylic acids is 1. The Kier molecular flexibility index (Phi) is 6.84. The molecule has 0 spiro atoms. The minimum Gasteiger partial charge on any atom is -0.477 e. The highest BCUT2D eigenvalue weighted by Crippen LogP contribution is 2.41. The number of benzene rings is 2. The molecule has 0 radical (unpaired) electrons. The van der Waals surface area contributed by atoms with Crippen LogP contribution in [0, 0.1) is 0 Å². The fraction of sp³-hybridized carbons (Fsp3) is 0.130. The molecule has 1 unspecified atom stereocenters. The third-order valence-electron chi connectivity index (χ3n) is 5.21. The van der Waals surface area contributed by atoms with Gasteiger partial charge in [0.05, 0.1) is 22.6 Å². The molecular formula is C23H17BrF3N5O4. The topological polar surface area (TPSA) is 125 Å². The second kappa shape index (κ2) is 9.85. The van der Waals surface area contributed by atoms with Crippen LogP contribution in [0.3, 0.4) is 0 Å². The monoisotopic (exact) mass is 563 g/mol. The van der Waals surface area contributed by atoms with Crippen molar-refractivity contribution in [3.05, 3.63) is 70.5 Å². The lowest BCUT2D eigenvalue weighted by atomic mass is 10.0. The number of carbonyl (C=O) groups is 3. The van der Waals surface area contributed by atoms with E-state index in [9.17, 15) is 32.7 Å². The summed E-state index contributed by atoms with van der Waals surface area (Å²) in [7, 11) is 0. The van der Waals surface area contributed by atoms with Crippen molar-refractivity contribution in [2.24, 2.45) is 4.99 Å². The van der Waals surface area contributed by atoms with Crippen LogP contribution < -0.4 is 16.0 Å². The number of anilines is 2. The van der Waals surface area contributed by atoms with Gasteiger partial charge in [-0.3, -0.25) is 0 Å². The van der Waals surface area contributed by atoms with Crippen molar-refractivity contribution in [2.45, 2.75) is 18.8 Å². The summed E-state index contributed by atoms with van der Waals surface area (Å²) in [5.74, 6) is -1.47. The largest absolute Gasteiger partial charge is 0.477 e. The molecule has 1 aliphatic rings. The van der Waals surface area contributed by atoms with Gasteiger partial charge in [0, 0.05) is 29.1 Å². The Bertz CT molecular complexity index is 1370. The average Bonchev–Trinajstić information content (AvgIpc) is 3.31. The van der Waals surface area contributed by atoms with E-state index in [2.05, 4.69) is 36.9 Å². The Labute approximate surface area is 210 Å². The molecule has 186 valence electrons. The molecule has 9 nitrogen and oxygen atoms in total. The second-order valence-corrected chi connectivity index (χ2v) is 8.60. The fourth-order valence-corrected chi connectivity index (χ4v) is 3.79. The number of rotatable bonds is 6. The zero-order valence-corrected chi connectivity index (χ0v) is 19.7. The summed E-state index contributed by atoms with van der Waals surface area (Å²) >= 11 is 3.30. The van der Waals surface area contributed by atoms with Crippen molar-refractivity contribution in [2.75, 3.05) is 10.6 Å². The summed E-state index contributed by atoms with van der Waals surface area (Å²) in [5.41, 5.74) is -0.952. The van der Waals surface area contributed by atoms with Crippen LogP contribution in [0.2, 0.25) is 0 Å². The van der Waals surface area contributed by atoms with Crippen LogP contribution in [-0.2, 0) is 22.3 Å². The van der Waals surface area contributed by atoms with E-state index in [1.807, 2.05) is 0 Å². The lowest BCUT2D eigenvalue weighted by Gasteiger charge is -2.24. The minimum atomic E-state index is -4.76. The first-order valence-electron chi connectivity index (χ1n) is 10.3.